The van der Waals surface area contributed by atoms with Gasteiger partial charge in [0.05, 0.1) is 7.11 Å². The van der Waals surface area contributed by atoms with E-state index in [9.17, 15) is 19.2 Å². The lowest BCUT2D eigenvalue weighted by Crippen LogP contribution is -2.64. The van der Waals surface area contributed by atoms with E-state index in [1.165, 1.54) is 35.6 Å². The number of nitrogens with one attached hydrogen (secondary N) is 3. The Kier molecular flexibility index (Phi) is 9.80. The minimum absolute atomic E-state index is 0.108. The summed E-state index contributed by atoms with van der Waals surface area (Å²) in [4.78, 5) is 49.8. The van der Waals surface area contributed by atoms with Gasteiger partial charge in [0.2, 0.25) is 11.8 Å². The molecule has 1 aliphatic heterocycles. The first-order chi connectivity index (χ1) is 13.8. The molecule has 172 valence electrons. The second-order valence-corrected chi connectivity index (χ2v) is 11.1. The Morgan fingerprint density at radius 1 is 1.03 bits per heavy atom. The van der Waals surface area contributed by atoms with Crippen molar-refractivity contribution in [3.63, 3.8) is 0 Å². The van der Waals surface area contributed by atoms with Crippen LogP contribution in [0.15, 0.2) is 0 Å². The van der Waals surface area contributed by atoms with E-state index in [1.54, 1.807) is 20.8 Å². The van der Waals surface area contributed by atoms with Crippen molar-refractivity contribution in [3.05, 3.63) is 0 Å². The first-order valence-corrected chi connectivity index (χ1v) is 12.2. The normalized spacial score (nSPS) is 17.6. The van der Waals surface area contributed by atoms with E-state index in [0.29, 0.717) is 17.9 Å². The zero-order valence-electron chi connectivity index (χ0n) is 18.6. The van der Waals surface area contributed by atoms with Crippen molar-refractivity contribution in [1.29, 1.82) is 0 Å². The van der Waals surface area contributed by atoms with E-state index in [0.717, 1.165) is 0 Å². The highest BCUT2D eigenvalue weighted by Gasteiger charge is 2.46. The van der Waals surface area contributed by atoms with Crippen molar-refractivity contribution >= 4 is 45.5 Å². The van der Waals surface area contributed by atoms with E-state index in [4.69, 9.17) is 4.74 Å². The molecule has 0 aromatic rings. The summed E-state index contributed by atoms with van der Waals surface area (Å²) in [5, 5.41) is 8.02. The lowest BCUT2D eigenvalue weighted by atomic mass is 9.99. The fourth-order valence-corrected chi connectivity index (χ4v) is 5.65. The largest absolute Gasteiger partial charge is 0.467 e. The van der Waals surface area contributed by atoms with Gasteiger partial charge in [0.15, 0.2) is 0 Å². The third kappa shape index (κ3) is 8.25. The first-order valence-electron chi connectivity index (χ1n) is 9.74. The maximum Gasteiger partial charge on any atom is 0.408 e. The van der Waals surface area contributed by atoms with Gasteiger partial charge in [-0.1, -0.05) is 35.4 Å². The van der Waals surface area contributed by atoms with Crippen LogP contribution >= 0.6 is 21.6 Å². The van der Waals surface area contributed by atoms with Crippen LogP contribution in [0, 0.1) is 5.92 Å². The van der Waals surface area contributed by atoms with Crippen LogP contribution in [0.2, 0.25) is 0 Å². The van der Waals surface area contributed by atoms with E-state index in [-0.39, 0.29) is 5.92 Å². The first kappa shape index (κ1) is 26.4. The standard InChI is InChI=1S/C19H33N3O6S2/c1-11(2)8-13(14(23)20-12(3)15(24)27-7)21-16(25)19(9-29-30-10-19)22-17(26)28-18(4,5)6/h11-13H,8-10H2,1-7H3,(H,20,23)(H,21,25)(H,22,26)/t12-,13-/m0/s1. The molecule has 0 bridgehead atoms. The second-order valence-electron chi connectivity index (χ2n) is 8.64. The molecule has 0 unspecified atom stereocenters. The summed E-state index contributed by atoms with van der Waals surface area (Å²) in [7, 11) is 4.16. The zero-order chi connectivity index (χ0) is 23.1. The number of hydrogen-bond acceptors (Lipinski definition) is 8. The Morgan fingerprint density at radius 2 is 1.60 bits per heavy atom. The Labute approximate surface area is 185 Å². The Hall–Kier alpha value is -1.62. The van der Waals surface area contributed by atoms with Crippen LogP contribution in [-0.4, -0.2) is 65.7 Å². The van der Waals surface area contributed by atoms with Crippen molar-refractivity contribution in [2.75, 3.05) is 18.6 Å². The van der Waals surface area contributed by atoms with Gasteiger partial charge >= 0.3 is 12.1 Å². The van der Waals surface area contributed by atoms with Gasteiger partial charge in [-0.3, -0.25) is 9.59 Å². The fraction of sp³-hybridized carbons (Fsp3) is 0.789. The molecule has 30 heavy (non-hydrogen) atoms. The third-order valence-corrected chi connectivity index (χ3v) is 6.71. The SMILES string of the molecule is COC(=O)[C@H](C)NC(=O)[C@H](CC(C)C)NC(=O)C1(NC(=O)OC(C)(C)C)CSSC1. The van der Waals surface area contributed by atoms with Gasteiger partial charge in [-0.25, -0.2) is 9.59 Å². The summed E-state index contributed by atoms with van der Waals surface area (Å²) in [6.07, 6.45) is -0.321. The number of alkyl carbamates (subject to hydrolysis) is 1. The van der Waals surface area contributed by atoms with Crippen molar-refractivity contribution in [1.82, 2.24) is 16.0 Å². The van der Waals surface area contributed by atoms with E-state index in [2.05, 4.69) is 20.7 Å². The van der Waals surface area contributed by atoms with E-state index >= 15 is 0 Å². The monoisotopic (exact) mass is 463 g/mol. The number of ether oxygens (including phenoxy) is 2. The molecule has 0 spiro atoms. The topological polar surface area (TPSA) is 123 Å². The van der Waals surface area contributed by atoms with Crippen LogP contribution in [0.4, 0.5) is 4.79 Å². The molecular formula is C19H33N3O6S2. The maximum absolute atomic E-state index is 13.2. The highest BCUT2D eigenvalue weighted by Crippen LogP contribution is 2.38. The number of methoxy groups -OCH3 is 1. The molecule has 0 aliphatic carbocycles. The van der Waals surface area contributed by atoms with Crippen LogP contribution < -0.4 is 16.0 Å². The maximum atomic E-state index is 13.2. The Bertz CT molecular complexity index is 645. The van der Waals surface area contributed by atoms with E-state index in [1.807, 2.05) is 13.8 Å². The van der Waals surface area contributed by atoms with Gasteiger partial charge in [-0.05, 0) is 40.0 Å². The number of rotatable bonds is 8. The van der Waals surface area contributed by atoms with Crippen LogP contribution in [0.1, 0.15) is 48.0 Å². The van der Waals surface area contributed by atoms with E-state index < -0.39 is 47.1 Å². The molecule has 11 heteroatoms. The molecule has 1 rings (SSSR count). The molecular weight excluding hydrogens is 430 g/mol. The molecule has 0 radical (unpaired) electrons. The number of carbonyl (C=O) groups excluding carboxylic acids is 4. The summed E-state index contributed by atoms with van der Waals surface area (Å²) in [5.41, 5.74) is -1.90. The second kappa shape index (κ2) is 11.1. The molecule has 3 N–H and O–H groups in total. The van der Waals surface area contributed by atoms with Crippen molar-refractivity contribution in [2.45, 2.75) is 71.2 Å². The highest BCUT2D eigenvalue weighted by molar-refractivity contribution is 8.77. The number of carbonyl (C=O) groups is 4. The minimum atomic E-state index is -1.19. The predicted octanol–water partition coefficient (Wildman–Crippen LogP) is 1.85. The number of hydrogen-bond donors (Lipinski definition) is 3. The number of esters is 1. The Balaban J connectivity index is 2.94. The average molecular weight is 464 g/mol. The molecule has 0 aromatic heterocycles. The summed E-state index contributed by atoms with van der Waals surface area (Å²) in [6, 6.07) is -1.71. The smallest absolute Gasteiger partial charge is 0.408 e. The van der Waals surface area contributed by atoms with Gasteiger partial charge in [0.25, 0.3) is 0 Å². The molecule has 9 nitrogen and oxygen atoms in total. The fourth-order valence-electron chi connectivity index (χ4n) is 2.63. The molecule has 1 saturated heterocycles. The van der Waals surface area contributed by atoms with Gasteiger partial charge in [-0.15, -0.1) is 0 Å². The minimum Gasteiger partial charge on any atom is -0.467 e. The molecule has 1 aliphatic rings. The Morgan fingerprint density at radius 3 is 2.07 bits per heavy atom. The zero-order valence-corrected chi connectivity index (χ0v) is 20.3. The molecule has 0 aromatic carbocycles. The van der Waals surface area contributed by atoms with Crippen molar-refractivity contribution < 1.29 is 28.7 Å². The lowest BCUT2D eigenvalue weighted by molar-refractivity contribution is -0.145. The summed E-state index contributed by atoms with van der Waals surface area (Å²) >= 11 is 0. The summed E-state index contributed by atoms with van der Waals surface area (Å²) < 4.78 is 9.93. The average Bonchev–Trinajstić information content (AvgIpc) is 3.07. The number of amides is 3. The van der Waals surface area contributed by atoms with Gasteiger partial charge in [0, 0.05) is 11.5 Å². The van der Waals surface area contributed by atoms with Gasteiger partial charge < -0.3 is 25.4 Å². The van der Waals surface area contributed by atoms with Crippen molar-refractivity contribution in [2.24, 2.45) is 5.92 Å². The van der Waals surface area contributed by atoms with Crippen LogP contribution in [0.3, 0.4) is 0 Å². The molecule has 2 atom stereocenters. The van der Waals surface area contributed by atoms with Gasteiger partial charge in [-0.2, -0.15) is 0 Å². The molecule has 3 amide bonds. The van der Waals surface area contributed by atoms with Gasteiger partial charge in [0.1, 0.15) is 23.2 Å². The van der Waals surface area contributed by atoms with Crippen LogP contribution in [-0.2, 0) is 23.9 Å². The quantitative estimate of drug-likeness (QED) is 0.368. The van der Waals surface area contributed by atoms with Crippen LogP contribution in [0.5, 0.6) is 0 Å². The predicted molar refractivity (Wildman–Crippen MR) is 118 cm³/mol. The molecule has 1 fully saturated rings. The van der Waals surface area contributed by atoms with Crippen LogP contribution in [0.25, 0.3) is 0 Å². The summed E-state index contributed by atoms with van der Waals surface area (Å²) in [6.45, 7) is 10.6. The molecule has 0 saturated carbocycles. The summed E-state index contributed by atoms with van der Waals surface area (Å²) in [5.74, 6) is -0.728. The highest BCUT2D eigenvalue weighted by atomic mass is 33.1. The third-order valence-electron chi connectivity index (χ3n) is 4.11. The lowest BCUT2D eigenvalue weighted by Gasteiger charge is -2.31. The van der Waals surface area contributed by atoms with Crippen molar-refractivity contribution in [3.8, 4) is 0 Å². The molecule has 1 heterocycles.